The summed E-state index contributed by atoms with van der Waals surface area (Å²) in [5.41, 5.74) is 0.645. The van der Waals surface area contributed by atoms with Crippen LogP contribution in [0.1, 0.15) is 36.0 Å². The SMILES string of the molecule is O=C(O)[C@H]1CN(C(=O)C2CCCN(C(=O)c3ccccc3)C2)C[C@@H]1C1CC1. The summed E-state index contributed by atoms with van der Waals surface area (Å²) in [5, 5.41) is 9.52. The van der Waals surface area contributed by atoms with E-state index in [0.29, 0.717) is 37.7 Å². The lowest BCUT2D eigenvalue weighted by atomic mass is 9.92. The fraction of sp³-hybridized carbons (Fsp3) is 0.571. The topological polar surface area (TPSA) is 77.9 Å². The van der Waals surface area contributed by atoms with Crippen molar-refractivity contribution in [2.75, 3.05) is 26.2 Å². The number of piperidine rings is 1. The molecule has 6 heteroatoms. The zero-order valence-corrected chi connectivity index (χ0v) is 15.4. The Kier molecular flexibility index (Phi) is 4.89. The molecule has 0 bridgehead atoms. The smallest absolute Gasteiger partial charge is 0.308 e. The first-order valence-corrected chi connectivity index (χ1v) is 9.90. The molecular formula is C21H26N2O4. The summed E-state index contributed by atoms with van der Waals surface area (Å²) in [6.45, 7) is 1.97. The fourth-order valence-electron chi connectivity index (χ4n) is 4.66. The van der Waals surface area contributed by atoms with E-state index < -0.39 is 11.9 Å². The number of rotatable bonds is 4. The molecule has 3 fully saturated rings. The number of carboxylic acids is 1. The van der Waals surface area contributed by atoms with Gasteiger partial charge in [-0.15, -0.1) is 0 Å². The Morgan fingerprint density at radius 3 is 2.33 bits per heavy atom. The zero-order chi connectivity index (χ0) is 19.0. The molecule has 1 aliphatic carbocycles. The van der Waals surface area contributed by atoms with Crippen LogP contribution in [0.25, 0.3) is 0 Å². The molecule has 2 saturated heterocycles. The van der Waals surface area contributed by atoms with Gasteiger partial charge in [0.15, 0.2) is 0 Å². The molecule has 3 atom stereocenters. The minimum Gasteiger partial charge on any atom is -0.481 e. The van der Waals surface area contributed by atoms with E-state index in [1.807, 2.05) is 18.2 Å². The highest BCUT2D eigenvalue weighted by Gasteiger charge is 2.47. The van der Waals surface area contributed by atoms with Gasteiger partial charge in [0.1, 0.15) is 0 Å². The van der Waals surface area contributed by atoms with Crippen LogP contribution in [-0.2, 0) is 9.59 Å². The molecule has 0 aromatic heterocycles. The minimum absolute atomic E-state index is 0.0231. The van der Waals surface area contributed by atoms with Gasteiger partial charge < -0.3 is 14.9 Å². The third kappa shape index (κ3) is 3.70. The number of hydrogen-bond donors (Lipinski definition) is 1. The van der Waals surface area contributed by atoms with E-state index in [1.54, 1.807) is 21.9 Å². The first-order chi connectivity index (χ1) is 13.0. The maximum absolute atomic E-state index is 13.1. The zero-order valence-electron chi connectivity index (χ0n) is 15.4. The highest BCUT2D eigenvalue weighted by Crippen LogP contribution is 2.44. The van der Waals surface area contributed by atoms with Crippen LogP contribution in [-0.4, -0.2) is 58.9 Å². The number of nitrogens with zero attached hydrogens (tertiary/aromatic N) is 2. The number of benzene rings is 1. The fourth-order valence-corrected chi connectivity index (χ4v) is 4.66. The maximum Gasteiger partial charge on any atom is 0.308 e. The van der Waals surface area contributed by atoms with Crippen molar-refractivity contribution in [2.45, 2.75) is 25.7 Å². The van der Waals surface area contributed by atoms with Gasteiger partial charge in [-0.25, -0.2) is 0 Å². The van der Waals surface area contributed by atoms with E-state index in [0.717, 1.165) is 25.7 Å². The quantitative estimate of drug-likeness (QED) is 0.881. The Hall–Kier alpha value is -2.37. The Morgan fingerprint density at radius 2 is 1.67 bits per heavy atom. The van der Waals surface area contributed by atoms with Gasteiger partial charge in [0.2, 0.25) is 5.91 Å². The first kappa shape index (κ1) is 18.0. The molecule has 2 heterocycles. The van der Waals surface area contributed by atoms with Crippen molar-refractivity contribution in [3.63, 3.8) is 0 Å². The van der Waals surface area contributed by atoms with Gasteiger partial charge in [-0.05, 0) is 49.7 Å². The highest BCUT2D eigenvalue weighted by molar-refractivity contribution is 5.94. The van der Waals surface area contributed by atoms with Gasteiger partial charge in [-0.3, -0.25) is 14.4 Å². The van der Waals surface area contributed by atoms with Crippen molar-refractivity contribution in [3.05, 3.63) is 35.9 Å². The standard InChI is InChI=1S/C21H26N2O4/c24-19(15-5-2-1-3-6-15)22-10-4-7-16(11-22)20(25)23-12-17(14-8-9-14)18(13-23)21(26)27/h1-3,5-6,14,16-18H,4,7-13H2,(H,26,27)/t16?,17-,18+/m1/s1. The van der Waals surface area contributed by atoms with Gasteiger partial charge in [-0.2, -0.15) is 0 Å². The molecular weight excluding hydrogens is 344 g/mol. The van der Waals surface area contributed by atoms with Crippen LogP contribution in [0.2, 0.25) is 0 Å². The van der Waals surface area contributed by atoms with E-state index in [9.17, 15) is 19.5 Å². The number of carboxylic acid groups (broad SMARTS) is 1. The Bertz CT molecular complexity index is 731. The number of carbonyl (C=O) groups excluding carboxylic acids is 2. The van der Waals surface area contributed by atoms with Gasteiger partial charge in [0.25, 0.3) is 5.91 Å². The van der Waals surface area contributed by atoms with E-state index in [-0.39, 0.29) is 23.7 Å². The third-order valence-corrected chi connectivity index (χ3v) is 6.30. The third-order valence-electron chi connectivity index (χ3n) is 6.30. The van der Waals surface area contributed by atoms with Crippen LogP contribution in [0.5, 0.6) is 0 Å². The number of likely N-dealkylation sites (tertiary alicyclic amines) is 2. The molecule has 6 nitrogen and oxygen atoms in total. The molecule has 1 saturated carbocycles. The molecule has 1 unspecified atom stereocenters. The number of aliphatic carboxylic acids is 1. The molecule has 1 aromatic rings. The van der Waals surface area contributed by atoms with Crippen LogP contribution in [0.3, 0.4) is 0 Å². The molecule has 4 rings (SSSR count). The van der Waals surface area contributed by atoms with Crippen molar-refractivity contribution >= 4 is 17.8 Å². The van der Waals surface area contributed by atoms with Crippen molar-refractivity contribution < 1.29 is 19.5 Å². The second-order valence-corrected chi connectivity index (χ2v) is 8.15. The molecule has 144 valence electrons. The Morgan fingerprint density at radius 1 is 0.926 bits per heavy atom. The van der Waals surface area contributed by atoms with Crippen molar-refractivity contribution in [3.8, 4) is 0 Å². The lowest BCUT2D eigenvalue weighted by Gasteiger charge is -2.34. The van der Waals surface area contributed by atoms with Crippen molar-refractivity contribution in [1.82, 2.24) is 9.80 Å². The second kappa shape index (κ2) is 7.33. The molecule has 1 N–H and O–H groups in total. The number of amides is 2. The van der Waals surface area contributed by atoms with Crippen molar-refractivity contribution in [2.24, 2.45) is 23.7 Å². The summed E-state index contributed by atoms with van der Waals surface area (Å²) < 4.78 is 0. The van der Waals surface area contributed by atoms with Crippen LogP contribution in [0, 0.1) is 23.7 Å². The predicted octanol–water partition coefficient (Wildman–Crippen LogP) is 2.11. The Labute approximate surface area is 159 Å². The molecule has 1 aromatic carbocycles. The minimum atomic E-state index is -0.785. The monoisotopic (exact) mass is 370 g/mol. The van der Waals surface area contributed by atoms with Gasteiger partial charge in [0.05, 0.1) is 11.8 Å². The number of hydrogen-bond acceptors (Lipinski definition) is 3. The molecule has 0 radical (unpaired) electrons. The molecule has 0 spiro atoms. The summed E-state index contributed by atoms with van der Waals surface area (Å²) in [7, 11) is 0. The molecule has 2 amide bonds. The summed E-state index contributed by atoms with van der Waals surface area (Å²) in [5.74, 6) is -0.898. The summed E-state index contributed by atoms with van der Waals surface area (Å²) in [4.78, 5) is 40.9. The summed E-state index contributed by atoms with van der Waals surface area (Å²) in [6, 6.07) is 9.15. The average Bonchev–Trinajstić information content (AvgIpc) is 3.45. The largest absolute Gasteiger partial charge is 0.481 e. The molecule has 2 aliphatic heterocycles. The lowest BCUT2D eigenvalue weighted by molar-refractivity contribution is -0.143. The van der Waals surface area contributed by atoms with Crippen molar-refractivity contribution in [1.29, 1.82) is 0 Å². The number of carbonyl (C=O) groups is 3. The molecule has 27 heavy (non-hydrogen) atoms. The van der Waals surface area contributed by atoms with Crippen LogP contribution in [0.15, 0.2) is 30.3 Å². The average molecular weight is 370 g/mol. The Balaban J connectivity index is 1.41. The van der Waals surface area contributed by atoms with E-state index in [2.05, 4.69) is 0 Å². The molecule has 3 aliphatic rings. The lowest BCUT2D eigenvalue weighted by Crippen LogP contribution is -2.46. The maximum atomic E-state index is 13.1. The van der Waals surface area contributed by atoms with Crippen LogP contribution >= 0.6 is 0 Å². The van der Waals surface area contributed by atoms with E-state index in [1.165, 1.54) is 0 Å². The summed E-state index contributed by atoms with van der Waals surface area (Å²) in [6.07, 6.45) is 3.73. The van der Waals surface area contributed by atoms with Gasteiger partial charge >= 0.3 is 5.97 Å². The first-order valence-electron chi connectivity index (χ1n) is 9.90. The second-order valence-electron chi connectivity index (χ2n) is 8.15. The van der Waals surface area contributed by atoms with Gasteiger partial charge in [0, 0.05) is 31.7 Å². The van der Waals surface area contributed by atoms with Gasteiger partial charge in [-0.1, -0.05) is 18.2 Å². The van der Waals surface area contributed by atoms with E-state index in [4.69, 9.17) is 0 Å². The highest BCUT2D eigenvalue weighted by atomic mass is 16.4. The van der Waals surface area contributed by atoms with E-state index >= 15 is 0 Å². The van der Waals surface area contributed by atoms with Crippen LogP contribution in [0.4, 0.5) is 0 Å². The van der Waals surface area contributed by atoms with Crippen LogP contribution < -0.4 is 0 Å². The predicted molar refractivity (Wildman–Crippen MR) is 99.0 cm³/mol. The summed E-state index contributed by atoms with van der Waals surface area (Å²) >= 11 is 0. The normalized spacial score (nSPS) is 28.2.